The molecule has 5 N–H and O–H groups in total. The molecule has 0 saturated carbocycles. The van der Waals surface area contributed by atoms with Crippen LogP contribution in [-0.2, 0) is 46.9 Å². The van der Waals surface area contributed by atoms with Gasteiger partial charge in [0.25, 0.3) is 11.8 Å². The molecule has 0 aliphatic carbocycles. The van der Waals surface area contributed by atoms with Crippen molar-refractivity contribution < 1.29 is 34.4 Å². The summed E-state index contributed by atoms with van der Waals surface area (Å²) in [5.74, 6) is 1.07. The number of carbonyl (C=O) groups excluding carboxylic acids is 2. The predicted molar refractivity (Wildman–Crippen MR) is 241 cm³/mol. The number of anilines is 2. The molecule has 344 valence electrons. The number of phenolic OH excluding ortho intramolecular Hbond substituents is 2. The van der Waals surface area contributed by atoms with Crippen LogP contribution in [0.1, 0.15) is 95.7 Å². The van der Waals surface area contributed by atoms with Gasteiger partial charge < -0.3 is 45.2 Å². The number of nitrogen functional groups attached to an aromatic ring is 1. The van der Waals surface area contributed by atoms with E-state index in [9.17, 15) is 24.9 Å². The van der Waals surface area contributed by atoms with Crippen LogP contribution >= 0.6 is 0 Å². The average Bonchev–Trinajstić information content (AvgIpc) is 3.94. The van der Waals surface area contributed by atoms with Gasteiger partial charge in [0.2, 0.25) is 5.95 Å². The van der Waals surface area contributed by atoms with E-state index in [1.807, 2.05) is 18.7 Å². The lowest BCUT2D eigenvalue weighted by Gasteiger charge is -2.44. The molecule has 4 aromatic rings. The molecular formula is C48H60N10O7. The maximum Gasteiger partial charge on any atom is 0.258 e. The zero-order valence-corrected chi connectivity index (χ0v) is 37.4. The number of rotatable bonds is 8. The van der Waals surface area contributed by atoms with Crippen LogP contribution < -0.4 is 10.6 Å². The second kappa shape index (κ2) is 17.4. The molecule has 4 saturated heterocycles. The van der Waals surface area contributed by atoms with Gasteiger partial charge in [-0.3, -0.25) is 19.4 Å². The Bertz CT molecular complexity index is 2450. The number of likely N-dealkylation sites (tertiary alicyclic amines) is 2. The van der Waals surface area contributed by atoms with E-state index in [1.54, 1.807) is 23.4 Å². The van der Waals surface area contributed by atoms with Crippen LogP contribution in [0.25, 0.3) is 11.4 Å². The molecule has 2 amide bonds. The summed E-state index contributed by atoms with van der Waals surface area (Å²) in [5, 5.41) is 32.6. The largest absolute Gasteiger partial charge is 0.508 e. The number of morpholine rings is 1. The lowest BCUT2D eigenvalue weighted by molar-refractivity contribution is -0.160. The van der Waals surface area contributed by atoms with Crippen LogP contribution in [-0.4, -0.2) is 150 Å². The first-order valence-corrected chi connectivity index (χ1v) is 23.2. The molecule has 0 bridgehead atoms. The number of aromatic hydroxyl groups is 2. The second-order valence-corrected chi connectivity index (χ2v) is 19.2. The summed E-state index contributed by atoms with van der Waals surface area (Å²) in [6.45, 7) is 12.8. The normalized spacial score (nSPS) is 22.1. The maximum atomic E-state index is 14.0. The topological polar surface area (TPSA) is 207 Å². The van der Waals surface area contributed by atoms with Gasteiger partial charge in [0.15, 0.2) is 5.82 Å². The summed E-state index contributed by atoms with van der Waals surface area (Å²) in [7, 11) is 0. The molecule has 65 heavy (non-hydrogen) atoms. The van der Waals surface area contributed by atoms with E-state index < -0.39 is 5.60 Å². The molecule has 1 unspecified atom stereocenters. The van der Waals surface area contributed by atoms with E-state index >= 15 is 0 Å². The smallest absolute Gasteiger partial charge is 0.258 e. The van der Waals surface area contributed by atoms with E-state index in [4.69, 9.17) is 25.2 Å². The fourth-order valence-electron chi connectivity index (χ4n) is 10.8. The molecule has 6 aliphatic rings. The fourth-order valence-corrected chi connectivity index (χ4v) is 10.8. The third-order valence-corrected chi connectivity index (χ3v) is 14.7. The highest BCUT2D eigenvalue weighted by Gasteiger charge is 2.49. The number of nitrogens with two attached hydrogens (primary N) is 1. The van der Waals surface area contributed by atoms with Crippen molar-refractivity contribution >= 4 is 23.6 Å². The highest BCUT2D eigenvalue weighted by molar-refractivity contribution is 5.97. The number of hydrogen-bond donors (Lipinski definition) is 4. The third kappa shape index (κ3) is 8.60. The summed E-state index contributed by atoms with van der Waals surface area (Å²) in [6, 6.07) is 9.37. The summed E-state index contributed by atoms with van der Waals surface area (Å²) in [5.41, 5.74) is 11.1. The van der Waals surface area contributed by atoms with E-state index in [2.05, 4.69) is 42.9 Å². The number of amides is 2. The number of fused-ring (bicyclic) bond motifs is 2. The first kappa shape index (κ1) is 43.4. The lowest BCUT2D eigenvalue weighted by Crippen LogP contribution is -2.57. The summed E-state index contributed by atoms with van der Waals surface area (Å²) in [6.07, 6.45) is 7.30. The molecule has 2 aromatic heterocycles. The van der Waals surface area contributed by atoms with Gasteiger partial charge in [0.1, 0.15) is 22.9 Å². The van der Waals surface area contributed by atoms with Gasteiger partial charge in [-0.05, 0) is 72.8 Å². The number of aliphatic hydroxyl groups is 1. The van der Waals surface area contributed by atoms with Gasteiger partial charge in [0.05, 0.1) is 42.2 Å². The van der Waals surface area contributed by atoms with Crippen LogP contribution in [0.3, 0.4) is 0 Å². The quantitative estimate of drug-likeness (QED) is 0.200. The number of phenols is 2. The number of nitrogens with zero attached hydrogens (tertiary/aromatic N) is 9. The molecule has 17 nitrogen and oxygen atoms in total. The van der Waals surface area contributed by atoms with Crippen molar-refractivity contribution in [3.8, 4) is 22.9 Å². The van der Waals surface area contributed by atoms with Crippen molar-refractivity contribution in [1.82, 2.24) is 39.5 Å². The highest BCUT2D eigenvalue weighted by atomic mass is 16.5. The first-order chi connectivity index (χ1) is 31.3. The van der Waals surface area contributed by atoms with Gasteiger partial charge in [0, 0.05) is 102 Å². The minimum Gasteiger partial charge on any atom is -0.508 e. The number of benzene rings is 2. The molecule has 2 aromatic carbocycles. The summed E-state index contributed by atoms with van der Waals surface area (Å²) in [4.78, 5) is 56.7. The molecule has 8 heterocycles. The molecule has 1 spiro atoms. The minimum atomic E-state index is -1.39. The molecule has 4 fully saturated rings. The highest BCUT2D eigenvalue weighted by Crippen LogP contribution is 2.41. The summed E-state index contributed by atoms with van der Waals surface area (Å²) >= 11 is 0. The molecular weight excluding hydrogens is 829 g/mol. The molecule has 1 atom stereocenters. The fraction of sp³-hybridized carbons (Fsp3) is 0.542. The van der Waals surface area contributed by atoms with Crippen molar-refractivity contribution in [2.45, 2.75) is 102 Å². The number of aromatic nitrogens is 4. The zero-order valence-electron chi connectivity index (χ0n) is 37.4. The first-order valence-electron chi connectivity index (χ1n) is 23.2. The zero-order chi connectivity index (χ0) is 45.0. The standard InChI is InChI=1S/C48H60N10O7/c1-30(2)37-20-38(41(60)21-40(37)59)44(61)58-26-32-4-3-31(19-33(32)27-58)25-54-11-8-48(63,9-12-54)45(62)56-13-6-47(7-14-56)22-35(29-65-47)57-10-5-36-39(28-57)52-42(34-23-50-46(49)51-24-34)53-43(36)55-15-17-64-18-16-55/h3-4,19-21,23-24,30,35,59-60,63H,5-18,22,25-29H2,1-2H3,(H2,49,50,51). The van der Waals surface area contributed by atoms with E-state index in [0.717, 1.165) is 79.1 Å². The molecule has 17 heteroatoms. The predicted octanol–water partition coefficient (Wildman–Crippen LogP) is 3.58. The minimum absolute atomic E-state index is 0.00382. The Morgan fingerprint density at radius 3 is 2.34 bits per heavy atom. The van der Waals surface area contributed by atoms with Gasteiger partial charge >= 0.3 is 0 Å². The number of ether oxygens (including phenoxy) is 2. The van der Waals surface area contributed by atoms with Crippen molar-refractivity contribution in [3.63, 3.8) is 0 Å². The van der Waals surface area contributed by atoms with E-state index in [1.165, 1.54) is 11.6 Å². The molecule has 6 aliphatic heterocycles. The monoisotopic (exact) mass is 888 g/mol. The lowest BCUT2D eigenvalue weighted by atomic mass is 9.84. The van der Waals surface area contributed by atoms with Crippen molar-refractivity contribution in [1.29, 1.82) is 0 Å². The van der Waals surface area contributed by atoms with Crippen LogP contribution in [0.15, 0.2) is 42.7 Å². The van der Waals surface area contributed by atoms with Crippen molar-refractivity contribution in [3.05, 3.63) is 81.8 Å². The number of piperidine rings is 2. The summed E-state index contributed by atoms with van der Waals surface area (Å²) < 4.78 is 12.3. The number of hydrogen-bond acceptors (Lipinski definition) is 15. The Hall–Kier alpha value is -5.46. The molecule has 0 radical (unpaired) electrons. The van der Waals surface area contributed by atoms with Crippen LogP contribution in [0.5, 0.6) is 11.5 Å². The Balaban J connectivity index is 0.718. The SMILES string of the molecule is CC(C)c1cc(C(=O)N2Cc3ccc(CN4CCC(O)(C(=O)N5CCC6(CC5)CC(N5CCc7c(nc(-c8cnc(N)nc8)nc7N7CCOCC7)C5)CO6)CC4)cc3C2)c(O)cc1O. The van der Waals surface area contributed by atoms with Gasteiger partial charge in [-0.15, -0.1) is 0 Å². The second-order valence-electron chi connectivity index (χ2n) is 19.2. The van der Waals surface area contributed by atoms with Crippen molar-refractivity contribution in [2.24, 2.45) is 0 Å². The Morgan fingerprint density at radius 2 is 1.60 bits per heavy atom. The van der Waals surface area contributed by atoms with Gasteiger partial charge in [-0.1, -0.05) is 32.0 Å². The van der Waals surface area contributed by atoms with Gasteiger partial charge in [-0.2, -0.15) is 0 Å². The Kier molecular flexibility index (Phi) is 11.6. The Labute approximate surface area is 379 Å². The Morgan fingerprint density at radius 1 is 0.862 bits per heavy atom. The third-order valence-electron chi connectivity index (χ3n) is 14.7. The average molecular weight is 889 g/mol. The van der Waals surface area contributed by atoms with Crippen molar-refractivity contribution in [2.75, 3.05) is 76.3 Å². The van der Waals surface area contributed by atoms with E-state index in [-0.39, 0.29) is 52.4 Å². The van der Waals surface area contributed by atoms with Crippen LogP contribution in [0.4, 0.5) is 11.8 Å². The molecule has 10 rings (SSSR count). The maximum absolute atomic E-state index is 14.0. The van der Waals surface area contributed by atoms with Gasteiger partial charge in [-0.25, -0.2) is 19.9 Å². The van der Waals surface area contributed by atoms with Crippen LogP contribution in [0, 0.1) is 0 Å². The van der Waals surface area contributed by atoms with Crippen LogP contribution in [0.2, 0.25) is 0 Å². The van der Waals surface area contributed by atoms with E-state index in [0.29, 0.717) is 96.4 Å². The number of carbonyl (C=O) groups is 2.